The lowest BCUT2D eigenvalue weighted by Gasteiger charge is -2.03. The van der Waals surface area contributed by atoms with Crippen LogP contribution in [0.15, 0.2) is 12.3 Å². The zero-order chi connectivity index (χ0) is 13.9. The van der Waals surface area contributed by atoms with Gasteiger partial charge in [0.1, 0.15) is 0 Å². The van der Waals surface area contributed by atoms with Crippen LogP contribution >= 0.6 is 11.3 Å². The molecule has 0 radical (unpaired) electrons. The lowest BCUT2D eigenvalue weighted by Crippen LogP contribution is -2.23. The lowest BCUT2D eigenvalue weighted by atomic mass is 10.1. The van der Waals surface area contributed by atoms with E-state index in [1.54, 1.807) is 11.3 Å². The van der Waals surface area contributed by atoms with Gasteiger partial charge in [0.25, 0.3) is 5.91 Å². The van der Waals surface area contributed by atoms with Gasteiger partial charge in [-0.25, -0.2) is 0 Å². The van der Waals surface area contributed by atoms with Crippen LogP contribution in [-0.2, 0) is 19.3 Å². The standard InChI is InChI=1S/C15H19N3OS/c1-10-12(9-17-18-10)5-3-7-16-15(19)14-8-11-4-2-6-13(11)20-14/h8-9H,2-7H2,1H3,(H,16,19)(H,17,18). The van der Waals surface area contributed by atoms with Crippen molar-refractivity contribution in [2.75, 3.05) is 6.54 Å². The zero-order valence-corrected chi connectivity index (χ0v) is 12.5. The van der Waals surface area contributed by atoms with Crippen LogP contribution < -0.4 is 5.32 Å². The second-order valence-electron chi connectivity index (χ2n) is 5.29. The molecule has 1 aliphatic carbocycles. The summed E-state index contributed by atoms with van der Waals surface area (Å²) in [5, 5.41) is 9.94. The molecule has 0 atom stereocenters. The number of aryl methyl sites for hydroxylation is 4. The molecule has 106 valence electrons. The third kappa shape index (κ3) is 2.77. The number of carbonyl (C=O) groups is 1. The Morgan fingerprint density at radius 1 is 1.50 bits per heavy atom. The topological polar surface area (TPSA) is 57.8 Å². The molecule has 2 heterocycles. The molecule has 2 aromatic rings. The first-order valence-corrected chi connectivity index (χ1v) is 7.94. The predicted molar refractivity (Wildman–Crippen MR) is 80.3 cm³/mol. The van der Waals surface area contributed by atoms with E-state index in [2.05, 4.69) is 21.6 Å². The zero-order valence-electron chi connectivity index (χ0n) is 11.7. The lowest BCUT2D eigenvalue weighted by molar-refractivity contribution is 0.0957. The average molecular weight is 289 g/mol. The summed E-state index contributed by atoms with van der Waals surface area (Å²) in [6.07, 6.45) is 7.28. The molecular weight excluding hydrogens is 270 g/mol. The van der Waals surface area contributed by atoms with Crippen molar-refractivity contribution in [1.29, 1.82) is 0 Å². The highest BCUT2D eigenvalue weighted by Gasteiger charge is 2.18. The minimum atomic E-state index is 0.0771. The first-order valence-electron chi connectivity index (χ1n) is 7.12. The molecule has 1 aliphatic rings. The normalized spacial score (nSPS) is 13.4. The van der Waals surface area contributed by atoms with Gasteiger partial charge in [0.15, 0.2) is 0 Å². The van der Waals surface area contributed by atoms with E-state index in [-0.39, 0.29) is 5.91 Å². The van der Waals surface area contributed by atoms with Crippen LogP contribution in [0.1, 0.15) is 44.2 Å². The summed E-state index contributed by atoms with van der Waals surface area (Å²) in [4.78, 5) is 14.3. The maximum absolute atomic E-state index is 12.1. The van der Waals surface area contributed by atoms with Gasteiger partial charge in [0.2, 0.25) is 0 Å². The summed E-state index contributed by atoms with van der Waals surface area (Å²) >= 11 is 1.66. The van der Waals surface area contributed by atoms with E-state index >= 15 is 0 Å². The Labute approximate surface area is 122 Å². The summed E-state index contributed by atoms with van der Waals surface area (Å²) < 4.78 is 0. The highest BCUT2D eigenvalue weighted by molar-refractivity contribution is 7.14. The number of aromatic nitrogens is 2. The summed E-state index contributed by atoms with van der Waals surface area (Å²) in [5.41, 5.74) is 3.73. The first kappa shape index (κ1) is 13.4. The van der Waals surface area contributed by atoms with E-state index in [1.807, 2.05) is 13.1 Å². The maximum atomic E-state index is 12.1. The molecule has 0 aromatic carbocycles. The smallest absolute Gasteiger partial charge is 0.261 e. The van der Waals surface area contributed by atoms with Gasteiger partial charge in [-0.05, 0) is 56.2 Å². The fourth-order valence-electron chi connectivity index (χ4n) is 2.64. The highest BCUT2D eigenvalue weighted by Crippen LogP contribution is 2.30. The molecule has 0 saturated heterocycles. The molecule has 4 nitrogen and oxygen atoms in total. The van der Waals surface area contributed by atoms with Crippen LogP contribution in [0.2, 0.25) is 0 Å². The number of nitrogens with zero attached hydrogens (tertiary/aromatic N) is 1. The van der Waals surface area contributed by atoms with Gasteiger partial charge in [-0.2, -0.15) is 5.10 Å². The second-order valence-corrected chi connectivity index (χ2v) is 6.43. The number of hydrogen-bond acceptors (Lipinski definition) is 3. The molecule has 0 fully saturated rings. The van der Waals surface area contributed by atoms with Crippen LogP contribution in [0.3, 0.4) is 0 Å². The fraction of sp³-hybridized carbons (Fsp3) is 0.467. The van der Waals surface area contributed by atoms with Gasteiger partial charge < -0.3 is 5.32 Å². The third-order valence-corrected chi connectivity index (χ3v) is 5.05. The molecule has 0 unspecified atom stereocenters. The number of aromatic amines is 1. The number of H-pyrrole nitrogens is 1. The van der Waals surface area contributed by atoms with E-state index in [1.165, 1.54) is 22.4 Å². The van der Waals surface area contributed by atoms with E-state index in [0.717, 1.165) is 36.3 Å². The van der Waals surface area contributed by atoms with Crippen LogP contribution in [-0.4, -0.2) is 22.6 Å². The summed E-state index contributed by atoms with van der Waals surface area (Å²) in [6.45, 7) is 2.74. The van der Waals surface area contributed by atoms with Gasteiger partial charge in [0, 0.05) is 17.1 Å². The molecule has 5 heteroatoms. The summed E-state index contributed by atoms with van der Waals surface area (Å²) in [6, 6.07) is 2.07. The molecule has 1 amide bonds. The van der Waals surface area contributed by atoms with E-state index in [9.17, 15) is 4.79 Å². The summed E-state index contributed by atoms with van der Waals surface area (Å²) in [5.74, 6) is 0.0771. The summed E-state index contributed by atoms with van der Waals surface area (Å²) in [7, 11) is 0. The van der Waals surface area contributed by atoms with Gasteiger partial charge in [-0.1, -0.05) is 0 Å². The Bertz CT molecular complexity index is 593. The molecule has 0 aliphatic heterocycles. The Morgan fingerprint density at radius 2 is 2.40 bits per heavy atom. The molecule has 0 saturated carbocycles. The molecule has 2 N–H and O–H groups in total. The fourth-order valence-corrected chi connectivity index (χ4v) is 3.81. The SMILES string of the molecule is Cc1[nH]ncc1CCCNC(=O)c1cc2c(s1)CCC2. The second kappa shape index (κ2) is 5.79. The van der Waals surface area contributed by atoms with E-state index < -0.39 is 0 Å². The minimum Gasteiger partial charge on any atom is -0.351 e. The number of hydrogen-bond donors (Lipinski definition) is 2. The van der Waals surface area contributed by atoms with E-state index in [4.69, 9.17) is 0 Å². The van der Waals surface area contributed by atoms with Crippen molar-refractivity contribution in [3.05, 3.63) is 38.8 Å². The van der Waals surface area contributed by atoms with Crippen LogP contribution in [0.5, 0.6) is 0 Å². The Morgan fingerprint density at radius 3 is 3.15 bits per heavy atom. The Kier molecular flexibility index (Phi) is 3.87. The number of nitrogens with one attached hydrogen (secondary N) is 2. The van der Waals surface area contributed by atoms with Crippen molar-refractivity contribution in [2.45, 2.75) is 39.0 Å². The van der Waals surface area contributed by atoms with Crippen LogP contribution in [0, 0.1) is 6.92 Å². The van der Waals surface area contributed by atoms with Crippen molar-refractivity contribution < 1.29 is 4.79 Å². The highest BCUT2D eigenvalue weighted by atomic mass is 32.1. The maximum Gasteiger partial charge on any atom is 0.261 e. The van der Waals surface area contributed by atoms with Crippen molar-refractivity contribution >= 4 is 17.2 Å². The van der Waals surface area contributed by atoms with Gasteiger partial charge in [-0.15, -0.1) is 11.3 Å². The average Bonchev–Trinajstić information content (AvgIpc) is 3.09. The minimum absolute atomic E-state index is 0.0771. The monoisotopic (exact) mass is 289 g/mol. The van der Waals surface area contributed by atoms with Gasteiger partial charge >= 0.3 is 0 Å². The number of rotatable bonds is 5. The molecule has 0 spiro atoms. The van der Waals surface area contributed by atoms with Crippen molar-refractivity contribution in [1.82, 2.24) is 15.5 Å². The quantitative estimate of drug-likeness (QED) is 0.831. The number of fused-ring (bicyclic) bond motifs is 1. The number of amides is 1. The number of thiophene rings is 1. The van der Waals surface area contributed by atoms with Crippen molar-refractivity contribution in [3.63, 3.8) is 0 Å². The van der Waals surface area contributed by atoms with Crippen LogP contribution in [0.25, 0.3) is 0 Å². The molecular formula is C15H19N3OS. The molecule has 3 rings (SSSR count). The largest absolute Gasteiger partial charge is 0.351 e. The van der Waals surface area contributed by atoms with Gasteiger partial charge in [-0.3, -0.25) is 9.89 Å². The third-order valence-electron chi connectivity index (χ3n) is 3.81. The molecule has 2 aromatic heterocycles. The molecule has 20 heavy (non-hydrogen) atoms. The van der Waals surface area contributed by atoms with Crippen molar-refractivity contribution in [3.8, 4) is 0 Å². The van der Waals surface area contributed by atoms with Crippen LogP contribution in [0.4, 0.5) is 0 Å². The Balaban J connectivity index is 1.46. The first-order chi connectivity index (χ1) is 9.74. The van der Waals surface area contributed by atoms with Gasteiger partial charge in [0.05, 0.1) is 11.1 Å². The molecule has 0 bridgehead atoms. The van der Waals surface area contributed by atoms with E-state index in [0.29, 0.717) is 6.54 Å². The van der Waals surface area contributed by atoms with Crippen molar-refractivity contribution in [2.24, 2.45) is 0 Å². The Hall–Kier alpha value is -1.62. The predicted octanol–water partition coefficient (Wildman–Crippen LogP) is 2.63. The number of carbonyl (C=O) groups excluding carboxylic acids is 1.